The Bertz CT molecular complexity index is 1120. The lowest BCUT2D eigenvalue weighted by Crippen LogP contribution is -2.35. The quantitative estimate of drug-likeness (QED) is 0.672. The van der Waals surface area contributed by atoms with Gasteiger partial charge in [0.15, 0.2) is 5.43 Å². The molecule has 1 aliphatic heterocycles. The Morgan fingerprint density at radius 1 is 1.11 bits per heavy atom. The summed E-state index contributed by atoms with van der Waals surface area (Å²) in [6.45, 7) is 3.18. The van der Waals surface area contributed by atoms with Crippen LogP contribution in [-0.4, -0.2) is 42.9 Å². The zero-order chi connectivity index (χ0) is 20.0. The second-order valence-electron chi connectivity index (χ2n) is 7.43. The largest absolute Gasteiger partial charge is 0.450 e. The van der Waals surface area contributed by atoms with E-state index in [2.05, 4.69) is 0 Å². The number of rotatable bonds is 4. The molecule has 2 heterocycles. The van der Waals surface area contributed by atoms with Gasteiger partial charge in [0.1, 0.15) is 5.58 Å². The third-order valence-electron chi connectivity index (χ3n) is 5.11. The lowest BCUT2D eigenvalue weighted by atomic mass is 9.98. The lowest BCUT2D eigenvalue weighted by Gasteiger charge is -2.26. The minimum atomic E-state index is -0.470. The number of halogens is 1. The van der Waals surface area contributed by atoms with Gasteiger partial charge in [-0.25, -0.2) is 0 Å². The Hall–Kier alpha value is -2.63. The molecule has 144 valence electrons. The van der Waals surface area contributed by atoms with Crippen LogP contribution in [0, 0.1) is 6.92 Å². The highest BCUT2D eigenvalue weighted by atomic mass is 35.5. The Kier molecular flexibility index (Phi) is 4.73. The molecule has 0 N–H and O–H groups in total. The Morgan fingerprint density at radius 2 is 1.82 bits per heavy atom. The lowest BCUT2D eigenvalue weighted by molar-refractivity contribution is 0.0716. The smallest absolute Gasteiger partial charge is 0.290 e. The van der Waals surface area contributed by atoms with E-state index in [1.54, 1.807) is 23.1 Å². The summed E-state index contributed by atoms with van der Waals surface area (Å²) in [5.41, 5.74) is 2.57. The van der Waals surface area contributed by atoms with Crippen molar-refractivity contribution < 1.29 is 9.21 Å². The predicted octanol–water partition coefficient (Wildman–Crippen LogP) is 3.86. The maximum absolute atomic E-state index is 13.3. The Balaban J connectivity index is 1.94. The van der Waals surface area contributed by atoms with Crippen molar-refractivity contribution in [2.45, 2.75) is 13.0 Å². The van der Waals surface area contributed by atoms with Gasteiger partial charge in [-0.3, -0.25) is 9.59 Å². The summed E-state index contributed by atoms with van der Waals surface area (Å²) in [4.78, 5) is 30.2. The normalized spacial score (nSPS) is 16.2. The van der Waals surface area contributed by atoms with Crippen molar-refractivity contribution in [2.24, 2.45) is 0 Å². The number of aryl methyl sites for hydroxylation is 1. The minimum Gasteiger partial charge on any atom is -0.450 e. The van der Waals surface area contributed by atoms with Gasteiger partial charge in [-0.05, 0) is 44.8 Å². The summed E-state index contributed by atoms with van der Waals surface area (Å²) in [5.74, 6) is -0.125. The van der Waals surface area contributed by atoms with E-state index in [1.807, 2.05) is 50.2 Å². The van der Waals surface area contributed by atoms with Crippen LogP contribution in [0.4, 0.5) is 0 Å². The highest BCUT2D eigenvalue weighted by molar-refractivity contribution is 6.31. The van der Waals surface area contributed by atoms with Crippen molar-refractivity contribution in [3.05, 3.63) is 80.2 Å². The van der Waals surface area contributed by atoms with Crippen LogP contribution >= 0.6 is 11.6 Å². The van der Waals surface area contributed by atoms with E-state index >= 15 is 0 Å². The molecule has 3 aromatic rings. The third-order valence-corrected chi connectivity index (χ3v) is 5.34. The zero-order valence-corrected chi connectivity index (χ0v) is 16.8. The van der Waals surface area contributed by atoms with Gasteiger partial charge in [0.25, 0.3) is 5.91 Å². The molecule has 4 rings (SSSR count). The van der Waals surface area contributed by atoms with Gasteiger partial charge in [-0.15, -0.1) is 0 Å². The second kappa shape index (κ2) is 7.08. The molecule has 0 spiro atoms. The summed E-state index contributed by atoms with van der Waals surface area (Å²) in [7, 11) is 3.91. The van der Waals surface area contributed by atoms with E-state index in [-0.39, 0.29) is 17.1 Å². The number of hydrogen-bond donors (Lipinski definition) is 0. The molecule has 0 saturated carbocycles. The van der Waals surface area contributed by atoms with Crippen molar-refractivity contribution in [3.63, 3.8) is 0 Å². The number of benzene rings is 2. The van der Waals surface area contributed by atoms with Crippen LogP contribution in [0.15, 0.2) is 51.7 Å². The zero-order valence-electron chi connectivity index (χ0n) is 16.0. The second-order valence-corrected chi connectivity index (χ2v) is 7.87. The highest BCUT2D eigenvalue weighted by Crippen LogP contribution is 2.38. The average Bonchev–Trinajstić information content (AvgIpc) is 2.94. The number of carbonyl (C=O) groups excluding carboxylic acids is 1. The highest BCUT2D eigenvalue weighted by Gasteiger charge is 2.42. The first-order valence-corrected chi connectivity index (χ1v) is 9.53. The van der Waals surface area contributed by atoms with E-state index in [0.717, 1.165) is 11.1 Å². The molecule has 1 amide bonds. The summed E-state index contributed by atoms with van der Waals surface area (Å²) in [6.07, 6.45) is 0. The molecule has 1 unspecified atom stereocenters. The van der Waals surface area contributed by atoms with Gasteiger partial charge < -0.3 is 14.2 Å². The van der Waals surface area contributed by atoms with Gasteiger partial charge in [0, 0.05) is 18.1 Å². The van der Waals surface area contributed by atoms with Crippen LogP contribution in [0.25, 0.3) is 11.0 Å². The fourth-order valence-electron chi connectivity index (χ4n) is 3.63. The first-order chi connectivity index (χ1) is 13.4. The van der Waals surface area contributed by atoms with Crippen molar-refractivity contribution in [2.75, 3.05) is 27.2 Å². The number of hydrogen-bond acceptors (Lipinski definition) is 4. The summed E-state index contributed by atoms with van der Waals surface area (Å²) in [5, 5.41) is 0.853. The maximum atomic E-state index is 13.3. The van der Waals surface area contributed by atoms with E-state index in [1.165, 1.54) is 0 Å². The van der Waals surface area contributed by atoms with E-state index in [4.69, 9.17) is 16.0 Å². The van der Waals surface area contributed by atoms with Crippen LogP contribution in [0.1, 0.15) is 33.3 Å². The molecule has 1 aliphatic rings. The van der Waals surface area contributed by atoms with Gasteiger partial charge >= 0.3 is 0 Å². The number of carbonyl (C=O) groups is 1. The van der Waals surface area contributed by atoms with Crippen molar-refractivity contribution in [1.82, 2.24) is 9.80 Å². The molecule has 0 fully saturated rings. The number of nitrogens with zero attached hydrogens (tertiary/aromatic N) is 2. The van der Waals surface area contributed by atoms with Crippen LogP contribution < -0.4 is 5.43 Å². The first kappa shape index (κ1) is 18.7. The fourth-order valence-corrected chi connectivity index (χ4v) is 3.80. The van der Waals surface area contributed by atoms with Gasteiger partial charge in [0.05, 0.1) is 17.0 Å². The van der Waals surface area contributed by atoms with Crippen LogP contribution in [0.5, 0.6) is 0 Å². The van der Waals surface area contributed by atoms with Gasteiger partial charge in [0.2, 0.25) is 5.76 Å². The monoisotopic (exact) mass is 396 g/mol. The topological polar surface area (TPSA) is 53.8 Å². The molecular formula is C22H21ClN2O3. The molecule has 0 bridgehead atoms. The number of amides is 1. The molecule has 0 saturated heterocycles. The maximum Gasteiger partial charge on any atom is 0.290 e. The molecule has 0 aliphatic carbocycles. The summed E-state index contributed by atoms with van der Waals surface area (Å²) in [6, 6.07) is 12.3. The van der Waals surface area contributed by atoms with Crippen molar-refractivity contribution in [1.29, 1.82) is 0 Å². The molecule has 0 radical (unpaired) electrons. The SMILES string of the molecule is Cc1ccc(C2c3c(oc4ccc(Cl)cc4c3=O)C(=O)N2CCN(C)C)cc1. The Morgan fingerprint density at radius 3 is 2.50 bits per heavy atom. The van der Waals surface area contributed by atoms with E-state index in [0.29, 0.717) is 34.6 Å². The molecule has 28 heavy (non-hydrogen) atoms. The summed E-state index contributed by atoms with van der Waals surface area (Å²) < 4.78 is 5.90. The Labute approximate surface area is 168 Å². The molecule has 1 aromatic heterocycles. The van der Waals surface area contributed by atoms with Crippen LogP contribution in [-0.2, 0) is 0 Å². The van der Waals surface area contributed by atoms with E-state index in [9.17, 15) is 9.59 Å². The predicted molar refractivity (Wildman–Crippen MR) is 110 cm³/mol. The van der Waals surface area contributed by atoms with Gasteiger partial charge in [-0.1, -0.05) is 41.4 Å². The minimum absolute atomic E-state index is 0.129. The molecule has 2 aromatic carbocycles. The van der Waals surface area contributed by atoms with Gasteiger partial charge in [-0.2, -0.15) is 0 Å². The third kappa shape index (κ3) is 3.11. The summed E-state index contributed by atoms with van der Waals surface area (Å²) >= 11 is 6.09. The molecule has 5 nitrogen and oxygen atoms in total. The van der Waals surface area contributed by atoms with Crippen LogP contribution in [0.2, 0.25) is 5.02 Å². The molecule has 1 atom stereocenters. The first-order valence-electron chi connectivity index (χ1n) is 9.15. The fraction of sp³-hybridized carbons (Fsp3) is 0.273. The van der Waals surface area contributed by atoms with Crippen molar-refractivity contribution >= 4 is 28.5 Å². The number of fused-ring (bicyclic) bond motifs is 2. The number of likely N-dealkylation sites (N-methyl/N-ethyl adjacent to an activating group) is 1. The van der Waals surface area contributed by atoms with Crippen LogP contribution in [0.3, 0.4) is 0 Å². The molecular weight excluding hydrogens is 376 g/mol. The average molecular weight is 397 g/mol. The standard InChI is InChI=1S/C22H21ClN2O3/c1-13-4-6-14(7-5-13)19-18-20(26)16-12-15(23)8-9-17(16)28-21(18)22(27)25(19)11-10-24(2)3/h4-9,12,19H,10-11H2,1-3H3. The van der Waals surface area contributed by atoms with Crippen molar-refractivity contribution in [3.8, 4) is 0 Å². The molecule has 6 heteroatoms. The van der Waals surface area contributed by atoms with E-state index < -0.39 is 6.04 Å².